The van der Waals surface area contributed by atoms with Crippen molar-refractivity contribution in [1.82, 2.24) is 0 Å². The lowest BCUT2D eigenvalue weighted by Gasteiger charge is -2.45. The number of ether oxygens (including phenoxy) is 1. The molecule has 1 aliphatic rings. The molecule has 3 unspecified atom stereocenters. The summed E-state index contributed by atoms with van der Waals surface area (Å²) in [6.45, 7) is 9.80. The predicted molar refractivity (Wildman–Crippen MR) is 91.5 cm³/mol. The van der Waals surface area contributed by atoms with E-state index >= 15 is 0 Å². The summed E-state index contributed by atoms with van der Waals surface area (Å²) in [7, 11) is 1.39. The molecule has 126 valence electrons. The molecule has 0 N–H and O–H groups in total. The van der Waals surface area contributed by atoms with Crippen LogP contribution >= 0.6 is 0 Å². The second-order valence-electron chi connectivity index (χ2n) is 7.11. The van der Waals surface area contributed by atoms with Crippen LogP contribution < -0.4 is 0 Å². The van der Waals surface area contributed by atoms with E-state index in [9.17, 15) is 9.59 Å². The fraction of sp³-hybridized carbons (Fsp3) is 0.600. The van der Waals surface area contributed by atoms with Crippen molar-refractivity contribution in [3.05, 3.63) is 34.4 Å². The summed E-state index contributed by atoms with van der Waals surface area (Å²) in [5, 5.41) is 0. The number of hydrogen-bond donors (Lipinski definition) is 0. The maximum atomic E-state index is 12.8. The van der Waals surface area contributed by atoms with Crippen LogP contribution in [0.5, 0.6) is 0 Å². The number of aryl methyl sites for hydroxylation is 3. The highest BCUT2D eigenvalue weighted by Crippen LogP contribution is 2.53. The second kappa shape index (κ2) is 6.46. The van der Waals surface area contributed by atoms with Crippen LogP contribution in [0.25, 0.3) is 0 Å². The van der Waals surface area contributed by atoms with E-state index in [1.807, 2.05) is 6.92 Å². The molecule has 0 aromatic heterocycles. The Labute approximate surface area is 139 Å². The van der Waals surface area contributed by atoms with Crippen LogP contribution in [0.1, 0.15) is 61.3 Å². The van der Waals surface area contributed by atoms with Gasteiger partial charge in [0.25, 0.3) is 0 Å². The monoisotopic (exact) mass is 316 g/mol. The van der Waals surface area contributed by atoms with E-state index in [2.05, 4.69) is 32.9 Å². The van der Waals surface area contributed by atoms with E-state index in [4.69, 9.17) is 4.74 Å². The Hall–Kier alpha value is -1.64. The minimum absolute atomic E-state index is 0.00805. The first-order chi connectivity index (χ1) is 10.8. The molecule has 1 fully saturated rings. The molecule has 0 heterocycles. The summed E-state index contributed by atoms with van der Waals surface area (Å²) in [5.74, 6) is -0.550. The number of rotatable bonds is 3. The molecule has 2 rings (SSSR count). The minimum atomic E-state index is -1.06. The number of carbonyl (C=O) groups is 2. The summed E-state index contributed by atoms with van der Waals surface area (Å²) in [6, 6.07) is 4.29. The molecule has 1 aromatic carbocycles. The van der Waals surface area contributed by atoms with Crippen LogP contribution in [0.4, 0.5) is 0 Å². The van der Waals surface area contributed by atoms with Crippen molar-refractivity contribution in [3.63, 3.8) is 0 Å². The summed E-state index contributed by atoms with van der Waals surface area (Å²) in [6.07, 6.45) is 2.77. The van der Waals surface area contributed by atoms with Crippen molar-refractivity contribution in [1.29, 1.82) is 0 Å². The van der Waals surface area contributed by atoms with Crippen molar-refractivity contribution in [3.8, 4) is 0 Å². The van der Waals surface area contributed by atoms with Gasteiger partial charge in [-0.3, -0.25) is 9.59 Å². The number of Topliss-reactive ketones (excluding diaryl/α,β-unsaturated/α-hetero) is 1. The zero-order chi connectivity index (χ0) is 17.4. The first-order valence-corrected chi connectivity index (χ1v) is 8.44. The first-order valence-electron chi connectivity index (χ1n) is 8.44. The summed E-state index contributed by atoms with van der Waals surface area (Å²) < 4.78 is 5.12. The number of ketones is 1. The molecule has 0 radical (unpaired) electrons. The van der Waals surface area contributed by atoms with Gasteiger partial charge in [0, 0.05) is 5.92 Å². The Morgan fingerprint density at radius 1 is 1.13 bits per heavy atom. The Morgan fingerprint density at radius 2 is 1.70 bits per heavy atom. The van der Waals surface area contributed by atoms with Crippen LogP contribution in [0.3, 0.4) is 0 Å². The van der Waals surface area contributed by atoms with Gasteiger partial charge in [-0.2, -0.15) is 0 Å². The fourth-order valence-electron chi connectivity index (χ4n) is 4.79. The van der Waals surface area contributed by atoms with Crippen LogP contribution in [0.15, 0.2) is 12.1 Å². The minimum Gasteiger partial charge on any atom is -0.468 e. The van der Waals surface area contributed by atoms with Crippen LogP contribution in [-0.2, 0) is 14.3 Å². The third-order valence-electron chi connectivity index (χ3n) is 5.65. The topological polar surface area (TPSA) is 43.4 Å². The third kappa shape index (κ3) is 2.71. The maximum absolute atomic E-state index is 12.8. The van der Waals surface area contributed by atoms with Crippen molar-refractivity contribution in [2.45, 2.75) is 59.8 Å². The molecule has 3 atom stereocenters. The van der Waals surface area contributed by atoms with Crippen molar-refractivity contribution in [2.24, 2.45) is 11.3 Å². The third-order valence-corrected chi connectivity index (χ3v) is 5.65. The maximum Gasteiger partial charge on any atom is 0.320 e. The molecule has 1 aliphatic carbocycles. The van der Waals surface area contributed by atoms with Gasteiger partial charge in [0.05, 0.1) is 7.11 Å². The van der Waals surface area contributed by atoms with Gasteiger partial charge < -0.3 is 4.74 Å². The highest BCUT2D eigenvalue weighted by atomic mass is 16.5. The lowest BCUT2D eigenvalue weighted by molar-refractivity contribution is -0.165. The SMILES string of the molecule is COC(=O)C1(C(C)=O)C(C)CCCC1c1c(C)cc(C)cc1C. The van der Waals surface area contributed by atoms with Crippen molar-refractivity contribution in [2.75, 3.05) is 7.11 Å². The smallest absolute Gasteiger partial charge is 0.320 e. The molecule has 0 spiro atoms. The Kier molecular flexibility index (Phi) is 4.98. The molecule has 1 aromatic rings. The van der Waals surface area contributed by atoms with Gasteiger partial charge in [-0.05, 0) is 63.1 Å². The Balaban J connectivity index is 2.71. The number of benzene rings is 1. The zero-order valence-electron chi connectivity index (χ0n) is 15.2. The van der Waals surface area contributed by atoms with E-state index < -0.39 is 5.41 Å². The number of esters is 1. The van der Waals surface area contributed by atoms with Gasteiger partial charge in [-0.1, -0.05) is 31.0 Å². The number of hydrogen-bond acceptors (Lipinski definition) is 3. The molecule has 1 saturated carbocycles. The summed E-state index contributed by atoms with van der Waals surface area (Å²) >= 11 is 0. The Morgan fingerprint density at radius 3 is 2.17 bits per heavy atom. The molecule has 3 nitrogen and oxygen atoms in total. The lowest BCUT2D eigenvalue weighted by Crippen LogP contribution is -2.51. The highest BCUT2D eigenvalue weighted by Gasteiger charge is 2.57. The molecule has 0 bridgehead atoms. The fourth-order valence-corrected chi connectivity index (χ4v) is 4.79. The van der Waals surface area contributed by atoms with Crippen LogP contribution in [-0.4, -0.2) is 18.9 Å². The lowest BCUT2D eigenvalue weighted by atomic mass is 9.56. The molecule has 3 heteroatoms. The predicted octanol–water partition coefficient (Wildman–Crippen LogP) is 4.26. The average molecular weight is 316 g/mol. The molecule has 0 saturated heterocycles. The van der Waals surface area contributed by atoms with Gasteiger partial charge in [0.15, 0.2) is 0 Å². The standard InChI is InChI=1S/C20H28O3/c1-12-10-13(2)18(14(3)11-12)17-9-7-8-15(4)20(17,16(5)21)19(22)23-6/h10-11,15,17H,7-9H2,1-6H3. The largest absolute Gasteiger partial charge is 0.468 e. The van der Waals surface area contributed by atoms with E-state index in [1.165, 1.54) is 12.7 Å². The quantitative estimate of drug-likeness (QED) is 0.618. The number of carbonyl (C=O) groups excluding carboxylic acids is 2. The van der Waals surface area contributed by atoms with Gasteiger partial charge in [-0.25, -0.2) is 0 Å². The van der Waals surface area contributed by atoms with Crippen LogP contribution in [0, 0.1) is 32.1 Å². The zero-order valence-corrected chi connectivity index (χ0v) is 15.2. The van der Waals surface area contributed by atoms with E-state index in [-0.39, 0.29) is 23.6 Å². The second-order valence-corrected chi connectivity index (χ2v) is 7.11. The molecular formula is C20H28O3. The van der Waals surface area contributed by atoms with Gasteiger partial charge in [0.1, 0.15) is 11.2 Å². The molecule has 0 amide bonds. The van der Waals surface area contributed by atoms with E-state index in [1.54, 1.807) is 6.92 Å². The van der Waals surface area contributed by atoms with Gasteiger partial charge >= 0.3 is 5.97 Å². The van der Waals surface area contributed by atoms with Crippen molar-refractivity contribution < 1.29 is 14.3 Å². The van der Waals surface area contributed by atoms with Gasteiger partial charge in [0.2, 0.25) is 0 Å². The first kappa shape index (κ1) is 17.7. The summed E-state index contributed by atoms with van der Waals surface area (Å²) in [4.78, 5) is 25.5. The van der Waals surface area contributed by atoms with E-state index in [0.717, 1.165) is 36.0 Å². The van der Waals surface area contributed by atoms with Crippen LogP contribution in [0.2, 0.25) is 0 Å². The van der Waals surface area contributed by atoms with Gasteiger partial charge in [-0.15, -0.1) is 0 Å². The number of methoxy groups -OCH3 is 1. The highest BCUT2D eigenvalue weighted by molar-refractivity contribution is 6.04. The molecule has 0 aliphatic heterocycles. The van der Waals surface area contributed by atoms with E-state index in [0.29, 0.717) is 0 Å². The normalized spacial score (nSPS) is 27.6. The molecule has 23 heavy (non-hydrogen) atoms. The average Bonchev–Trinajstić information content (AvgIpc) is 2.45. The Bertz CT molecular complexity index is 609. The van der Waals surface area contributed by atoms with Crippen molar-refractivity contribution >= 4 is 11.8 Å². The molecular weight excluding hydrogens is 288 g/mol. The summed E-state index contributed by atoms with van der Waals surface area (Å²) in [5.41, 5.74) is 3.63.